The van der Waals surface area contributed by atoms with Crippen LogP contribution in [0.25, 0.3) is 0 Å². The third-order valence-electron chi connectivity index (χ3n) is 3.60. The molecular formula is C18H29F3O3Si. The zero-order chi connectivity index (χ0) is 18.7. The third kappa shape index (κ3) is 7.48. The highest BCUT2D eigenvalue weighted by Crippen LogP contribution is 2.22. The molecule has 1 aromatic rings. The Bertz CT molecular complexity index is 493. The van der Waals surface area contributed by atoms with E-state index in [2.05, 4.69) is 0 Å². The standard InChI is InChI=1S/C18H29F3O3Si/c1-4-9-22-25(23-10-5-2,24-11-6-3)12-7-8-15-13-17(20)18(21)14-16(15)19/h13-14H,4-12H2,1-3H3. The number of halogens is 3. The van der Waals surface area contributed by atoms with Gasteiger partial charge >= 0.3 is 8.80 Å². The number of benzene rings is 1. The van der Waals surface area contributed by atoms with Gasteiger partial charge in [-0.1, -0.05) is 20.8 Å². The van der Waals surface area contributed by atoms with E-state index in [0.717, 1.165) is 25.3 Å². The Kier molecular flexibility index (Phi) is 10.3. The first-order valence-electron chi connectivity index (χ1n) is 9.03. The molecule has 3 nitrogen and oxygen atoms in total. The van der Waals surface area contributed by atoms with Gasteiger partial charge in [-0.15, -0.1) is 0 Å². The second-order valence-electron chi connectivity index (χ2n) is 5.94. The largest absolute Gasteiger partial charge is 0.500 e. The van der Waals surface area contributed by atoms with Crippen LogP contribution in [0.2, 0.25) is 6.04 Å². The lowest BCUT2D eigenvalue weighted by Gasteiger charge is -2.29. The van der Waals surface area contributed by atoms with Gasteiger partial charge in [-0.25, -0.2) is 13.2 Å². The van der Waals surface area contributed by atoms with Crippen LogP contribution in [-0.4, -0.2) is 28.6 Å². The van der Waals surface area contributed by atoms with Gasteiger partial charge in [0.05, 0.1) is 0 Å². The van der Waals surface area contributed by atoms with E-state index in [-0.39, 0.29) is 12.0 Å². The van der Waals surface area contributed by atoms with Crippen LogP contribution in [0.5, 0.6) is 0 Å². The Labute approximate surface area is 149 Å². The molecule has 0 atom stereocenters. The van der Waals surface area contributed by atoms with Gasteiger partial charge in [-0.3, -0.25) is 0 Å². The molecule has 0 bridgehead atoms. The monoisotopic (exact) mass is 378 g/mol. The molecule has 144 valence electrons. The zero-order valence-electron chi connectivity index (χ0n) is 15.4. The van der Waals surface area contributed by atoms with E-state index in [0.29, 0.717) is 38.4 Å². The van der Waals surface area contributed by atoms with Gasteiger partial charge in [0.15, 0.2) is 11.6 Å². The lowest BCUT2D eigenvalue weighted by molar-refractivity contribution is 0.0588. The molecule has 0 fully saturated rings. The summed E-state index contributed by atoms with van der Waals surface area (Å²) in [6.07, 6.45) is 3.33. The zero-order valence-corrected chi connectivity index (χ0v) is 16.4. The molecule has 0 radical (unpaired) electrons. The van der Waals surface area contributed by atoms with E-state index >= 15 is 0 Å². The van der Waals surface area contributed by atoms with Crippen molar-refractivity contribution in [3.05, 3.63) is 35.1 Å². The number of hydrogen-bond donors (Lipinski definition) is 0. The Balaban J connectivity index is 2.76. The Morgan fingerprint density at radius 2 is 1.24 bits per heavy atom. The highest BCUT2D eigenvalue weighted by atomic mass is 28.4. The van der Waals surface area contributed by atoms with Crippen molar-refractivity contribution in [3.63, 3.8) is 0 Å². The lowest BCUT2D eigenvalue weighted by Crippen LogP contribution is -2.46. The van der Waals surface area contributed by atoms with Gasteiger partial charge in [0.2, 0.25) is 0 Å². The molecule has 0 N–H and O–H groups in total. The van der Waals surface area contributed by atoms with Crippen molar-refractivity contribution in [3.8, 4) is 0 Å². The van der Waals surface area contributed by atoms with E-state index < -0.39 is 26.3 Å². The van der Waals surface area contributed by atoms with Crippen LogP contribution in [0.15, 0.2) is 12.1 Å². The van der Waals surface area contributed by atoms with Gasteiger partial charge in [0.25, 0.3) is 0 Å². The molecule has 0 unspecified atom stereocenters. The highest BCUT2D eigenvalue weighted by molar-refractivity contribution is 6.60. The van der Waals surface area contributed by atoms with Crippen LogP contribution in [0.3, 0.4) is 0 Å². The smallest absolute Gasteiger partial charge is 0.373 e. The fraction of sp³-hybridized carbons (Fsp3) is 0.667. The summed E-state index contributed by atoms with van der Waals surface area (Å²) in [4.78, 5) is 0. The van der Waals surface area contributed by atoms with Crippen LogP contribution in [0, 0.1) is 17.5 Å². The Hall–Kier alpha value is -0.893. The Morgan fingerprint density at radius 1 is 0.760 bits per heavy atom. The van der Waals surface area contributed by atoms with Gasteiger partial charge in [-0.2, -0.15) is 0 Å². The van der Waals surface area contributed by atoms with Gasteiger partial charge in [0.1, 0.15) is 5.82 Å². The average molecular weight is 379 g/mol. The fourth-order valence-corrected chi connectivity index (χ4v) is 5.20. The maximum Gasteiger partial charge on any atom is 0.500 e. The van der Waals surface area contributed by atoms with Gasteiger partial charge in [0, 0.05) is 31.9 Å². The van der Waals surface area contributed by atoms with Crippen molar-refractivity contribution in [2.24, 2.45) is 0 Å². The first-order valence-corrected chi connectivity index (χ1v) is 11.0. The van der Waals surface area contributed by atoms with Crippen molar-refractivity contribution >= 4 is 8.80 Å². The minimum atomic E-state index is -2.84. The summed E-state index contributed by atoms with van der Waals surface area (Å²) < 4.78 is 58.0. The van der Waals surface area contributed by atoms with Crippen molar-refractivity contribution in [2.45, 2.75) is 58.9 Å². The van der Waals surface area contributed by atoms with E-state index in [1.165, 1.54) is 0 Å². The summed E-state index contributed by atoms with van der Waals surface area (Å²) in [6, 6.07) is 2.02. The average Bonchev–Trinajstić information content (AvgIpc) is 2.60. The summed E-state index contributed by atoms with van der Waals surface area (Å²) in [6.45, 7) is 7.65. The van der Waals surface area contributed by atoms with Gasteiger partial charge in [-0.05, 0) is 43.7 Å². The first kappa shape index (κ1) is 22.1. The van der Waals surface area contributed by atoms with Crippen molar-refractivity contribution in [1.29, 1.82) is 0 Å². The molecule has 0 heterocycles. The van der Waals surface area contributed by atoms with Crippen LogP contribution >= 0.6 is 0 Å². The van der Waals surface area contributed by atoms with Crippen LogP contribution < -0.4 is 0 Å². The minimum absolute atomic E-state index is 0.156. The summed E-state index contributed by atoms with van der Waals surface area (Å²) in [5.41, 5.74) is 0.156. The molecule has 0 aliphatic rings. The molecule has 25 heavy (non-hydrogen) atoms. The highest BCUT2D eigenvalue weighted by Gasteiger charge is 2.40. The molecule has 0 saturated heterocycles. The maximum absolute atomic E-state index is 13.8. The van der Waals surface area contributed by atoms with Crippen molar-refractivity contribution in [2.75, 3.05) is 19.8 Å². The molecule has 1 aromatic carbocycles. The third-order valence-corrected chi connectivity index (χ3v) is 6.49. The second-order valence-corrected chi connectivity index (χ2v) is 8.67. The number of aryl methyl sites for hydroxylation is 1. The normalized spacial score (nSPS) is 11.9. The fourth-order valence-electron chi connectivity index (χ4n) is 2.36. The van der Waals surface area contributed by atoms with E-state index in [9.17, 15) is 13.2 Å². The molecule has 0 aromatic heterocycles. The van der Waals surface area contributed by atoms with E-state index in [4.69, 9.17) is 13.3 Å². The predicted molar refractivity (Wildman–Crippen MR) is 93.9 cm³/mol. The maximum atomic E-state index is 13.8. The molecule has 7 heteroatoms. The molecule has 0 aliphatic carbocycles. The van der Waals surface area contributed by atoms with Crippen molar-refractivity contribution in [1.82, 2.24) is 0 Å². The first-order chi connectivity index (χ1) is 12.0. The van der Waals surface area contributed by atoms with Crippen LogP contribution in [0.4, 0.5) is 13.2 Å². The SMILES string of the molecule is CCCO[Si](CCCc1cc(F)c(F)cc1F)(OCCC)OCCC. The van der Waals surface area contributed by atoms with E-state index in [1.807, 2.05) is 20.8 Å². The number of hydrogen-bond acceptors (Lipinski definition) is 3. The quantitative estimate of drug-likeness (QED) is 0.346. The lowest BCUT2D eigenvalue weighted by atomic mass is 10.1. The summed E-state index contributed by atoms with van der Waals surface area (Å²) in [5.74, 6) is -2.94. The topological polar surface area (TPSA) is 27.7 Å². The molecular weight excluding hydrogens is 349 g/mol. The molecule has 0 aliphatic heterocycles. The molecule has 0 spiro atoms. The summed E-state index contributed by atoms with van der Waals surface area (Å²) in [5, 5.41) is 0. The second kappa shape index (κ2) is 11.7. The minimum Gasteiger partial charge on any atom is -0.373 e. The molecule has 1 rings (SSSR count). The van der Waals surface area contributed by atoms with Crippen LogP contribution in [0.1, 0.15) is 52.0 Å². The number of rotatable bonds is 13. The van der Waals surface area contributed by atoms with Gasteiger partial charge < -0.3 is 13.3 Å². The Morgan fingerprint density at radius 3 is 1.72 bits per heavy atom. The van der Waals surface area contributed by atoms with Crippen LogP contribution in [-0.2, 0) is 19.7 Å². The summed E-state index contributed by atoms with van der Waals surface area (Å²) in [7, 11) is -2.84. The van der Waals surface area contributed by atoms with Crippen molar-refractivity contribution < 1.29 is 26.4 Å². The van der Waals surface area contributed by atoms with E-state index in [1.54, 1.807) is 0 Å². The molecule has 0 saturated carbocycles. The summed E-state index contributed by atoms with van der Waals surface area (Å²) >= 11 is 0. The molecule has 0 amide bonds. The predicted octanol–water partition coefficient (Wildman–Crippen LogP) is 5.26.